The molecule has 0 aliphatic heterocycles. The Labute approximate surface area is 96.9 Å². The minimum absolute atomic E-state index is 0.315. The molecule has 1 unspecified atom stereocenters. The highest BCUT2D eigenvalue weighted by molar-refractivity contribution is 5.51. The summed E-state index contributed by atoms with van der Waals surface area (Å²) < 4.78 is 0. The molecule has 3 heteroatoms. The van der Waals surface area contributed by atoms with Gasteiger partial charge in [-0.15, -0.1) is 0 Å². The number of aliphatic hydroxyl groups is 1. The lowest BCUT2D eigenvalue weighted by molar-refractivity contribution is 0.189. The van der Waals surface area contributed by atoms with Crippen molar-refractivity contribution in [1.29, 1.82) is 0 Å². The molecule has 2 rings (SSSR count). The molecule has 3 N–H and O–H groups in total. The quantitative estimate of drug-likeness (QED) is 0.793. The summed E-state index contributed by atoms with van der Waals surface area (Å²) in [6, 6.07) is 6.59. The average Bonchev–Trinajstić information content (AvgIpc) is 2.75. The lowest BCUT2D eigenvalue weighted by atomic mass is 10.1. The minimum atomic E-state index is -0.446. The van der Waals surface area contributed by atoms with Crippen molar-refractivity contribution in [1.82, 2.24) is 0 Å². The first kappa shape index (κ1) is 11.4. The third kappa shape index (κ3) is 2.36. The molecule has 0 heterocycles. The van der Waals surface area contributed by atoms with Gasteiger partial charge in [-0.25, -0.2) is 0 Å². The van der Waals surface area contributed by atoms with Gasteiger partial charge < -0.3 is 15.7 Å². The van der Waals surface area contributed by atoms with Crippen LogP contribution in [0.1, 0.15) is 17.5 Å². The number of nitrogens with zero attached hydrogens (tertiary/aromatic N) is 1. The van der Waals surface area contributed by atoms with Crippen LogP contribution in [0.15, 0.2) is 18.2 Å². The second-order valence-electron chi connectivity index (χ2n) is 4.58. The first-order chi connectivity index (χ1) is 7.70. The first-order valence-corrected chi connectivity index (χ1v) is 5.92. The van der Waals surface area contributed by atoms with E-state index in [-0.39, 0.29) is 0 Å². The van der Waals surface area contributed by atoms with Crippen LogP contribution in [0, 0.1) is 0 Å². The molecule has 3 nitrogen and oxygen atoms in total. The van der Waals surface area contributed by atoms with Crippen LogP contribution in [0.25, 0.3) is 0 Å². The van der Waals surface area contributed by atoms with Crippen LogP contribution in [-0.2, 0) is 12.8 Å². The number of rotatable bonds is 4. The predicted molar refractivity (Wildman–Crippen MR) is 66.8 cm³/mol. The van der Waals surface area contributed by atoms with Gasteiger partial charge in [0.1, 0.15) is 0 Å². The van der Waals surface area contributed by atoms with Crippen molar-refractivity contribution in [2.24, 2.45) is 5.73 Å². The third-order valence-corrected chi connectivity index (χ3v) is 3.28. The molecule has 1 aliphatic rings. The smallest absolute Gasteiger partial charge is 0.0836 e. The van der Waals surface area contributed by atoms with E-state index >= 15 is 0 Å². The Morgan fingerprint density at radius 3 is 2.88 bits per heavy atom. The van der Waals surface area contributed by atoms with Gasteiger partial charge in [0.25, 0.3) is 0 Å². The standard InChI is InChI=1S/C13H20N2O/c1-15(9-13(16)8-14)12-6-5-10-3-2-4-11(10)7-12/h5-7,13,16H,2-4,8-9,14H2,1H3. The van der Waals surface area contributed by atoms with Crippen molar-refractivity contribution in [3.8, 4) is 0 Å². The molecule has 1 aliphatic carbocycles. The Bertz CT molecular complexity index is 365. The van der Waals surface area contributed by atoms with Gasteiger partial charge in [0, 0.05) is 25.8 Å². The van der Waals surface area contributed by atoms with Gasteiger partial charge >= 0.3 is 0 Å². The summed E-state index contributed by atoms with van der Waals surface area (Å²) in [6.45, 7) is 0.907. The summed E-state index contributed by atoms with van der Waals surface area (Å²) in [6.07, 6.45) is 3.23. The molecule has 0 spiro atoms. The molecule has 0 saturated heterocycles. The topological polar surface area (TPSA) is 49.5 Å². The predicted octanol–water partition coefficient (Wildman–Crippen LogP) is 0.931. The van der Waals surface area contributed by atoms with Crippen LogP contribution >= 0.6 is 0 Å². The van der Waals surface area contributed by atoms with Crippen LogP contribution in [0.3, 0.4) is 0 Å². The van der Waals surface area contributed by atoms with E-state index in [0.29, 0.717) is 13.1 Å². The second kappa shape index (κ2) is 4.85. The fourth-order valence-corrected chi connectivity index (χ4v) is 2.29. The second-order valence-corrected chi connectivity index (χ2v) is 4.58. The lowest BCUT2D eigenvalue weighted by Gasteiger charge is -2.22. The van der Waals surface area contributed by atoms with Gasteiger partial charge in [-0.2, -0.15) is 0 Å². The molecule has 0 saturated carbocycles. The van der Waals surface area contributed by atoms with Gasteiger partial charge in [-0.05, 0) is 42.5 Å². The summed E-state index contributed by atoms with van der Waals surface area (Å²) in [7, 11) is 2.00. The Morgan fingerprint density at radius 2 is 2.12 bits per heavy atom. The Balaban J connectivity index is 2.09. The van der Waals surface area contributed by atoms with Crippen molar-refractivity contribution in [3.05, 3.63) is 29.3 Å². The van der Waals surface area contributed by atoms with Crippen molar-refractivity contribution in [2.75, 3.05) is 25.0 Å². The average molecular weight is 220 g/mol. The van der Waals surface area contributed by atoms with Gasteiger partial charge in [-0.3, -0.25) is 0 Å². The Hall–Kier alpha value is -1.06. The fourth-order valence-electron chi connectivity index (χ4n) is 2.29. The summed E-state index contributed by atoms with van der Waals surface area (Å²) >= 11 is 0. The SMILES string of the molecule is CN(CC(O)CN)c1ccc2c(c1)CCC2. The molecule has 0 radical (unpaired) electrons. The molecular formula is C13H20N2O. The van der Waals surface area contributed by atoms with Crippen molar-refractivity contribution < 1.29 is 5.11 Å². The molecule has 16 heavy (non-hydrogen) atoms. The van der Waals surface area contributed by atoms with E-state index in [4.69, 9.17) is 5.73 Å². The lowest BCUT2D eigenvalue weighted by Crippen LogP contribution is -2.34. The van der Waals surface area contributed by atoms with Crippen molar-refractivity contribution in [3.63, 3.8) is 0 Å². The molecular weight excluding hydrogens is 200 g/mol. The summed E-state index contributed by atoms with van der Waals surface area (Å²) in [5.41, 5.74) is 9.53. The maximum Gasteiger partial charge on any atom is 0.0836 e. The number of benzene rings is 1. The number of anilines is 1. The molecule has 88 valence electrons. The number of nitrogens with two attached hydrogens (primary N) is 1. The van der Waals surface area contributed by atoms with E-state index in [1.54, 1.807) is 0 Å². The zero-order valence-corrected chi connectivity index (χ0v) is 9.82. The van der Waals surface area contributed by atoms with Crippen molar-refractivity contribution >= 4 is 5.69 Å². The highest BCUT2D eigenvalue weighted by Crippen LogP contribution is 2.26. The monoisotopic (exact) mass is 220 g/mol. The highest BCUT2D eigenvalue weighted by Gasteiger charge is 2.13. The van der Waals surface area contributed by atoms with E-state index in [2.05, 4.69) is 23.1 Å². The number of hydrogen-bond acceptors (Lipinski definition) is 3. The molecule has 1 aromatic carbocycles. The Kier molecular flexibility index (Phi) is 3.46. The molecule has 0 fully saturated rings. The van der Waals surface area contributed by atoms with E-state index < -0.39 is 6.10 Å². The van der Waals surface area contributed by atoms with E-state index in [9.17, 15) is 5.11 Å². The van der Waals surface area contributed by atoms with E-state index in [0.717, 1.165) is 0 Å². The number of fused-ring (bicyclic) bond motifs is 1. The molecule has 1 aromatic rings. The number of aryl methyl sites for hydroxylation is 2. The Morgan fingerprint density at radius 1 is 1.38 bits per heavy atom. The fraction of sp³-hybridized carbons (Fsp3) is 0.538. The van der Waals surface area contributed by atoms with Crippen LogP contribution in [-0.4, -0.2) is 31.3 Å². The number of aliphatic hydroxyl groups excluding tert-OH is 1. The highest BCUT2D eigenvalue weighted by atomic mass is 16.3. The maximum atomic E-state index is 9.52. The van der Waals surface area contributed by atoms with Gasteiger partial charge in [0.05, 0.1) is 6.10 Å². The van der Waals surface area contributed by atoms with Gasteiger partial charge in [0.15, 0.2) is 0 Å². The normalized spacial score (nSPS) is 15.9. The summed E-state index contributed by atoms with van der Waals surface area (Å²) in [4.78, 5) is 2.07. The zero-order valence-electron chi connectivity index (χ0n) is 9.82. The largest absolute Gasteiger partial charge is 0.390 e. The molecule has 0 bridgehead atoms. The molecule has 0 amide bonds. The van der Waals surface area contributed by atoms with Crippen LogP contribution in [0.4, 0.5) is 5.69 Å². The maximum absolute atomic E-state index is 9.52. The van der Waals surface area contributed by atoms with Gasteiger partial charge in [0.2, 0.25) is 0 Å². The summed E-state index contributed by atoms with van der Waals surface area (Å²) in [5, 5.41) is 9.52. The first-order valence-electron chi connectivity index (χ1n) is 5.92. The van der Waals surface area contributed by atoms with E-state index in [1.165, 1.54) is 36.1 Å². The summed E-state index contributed by atoms with van der Waals surface area (Å²) in [5.74, 6) is 0. The van der Waals surface area contributed by atoms with Gasteiger partial charge in [-0.1, -0.05) is 6.07 Å². The van der Waals surface area contributed by atoms with Crippen LogP contribution in [0.5, 0.6) is 0 Å². The molecule has 0 aromatic heterocycles. The van der Waals surface area contributed by atoms with Crippen LogP contribution in [0.2, 0.25) is 0 Å². The minimum Gasteiger partial charge on any atom is -0.390 e. The van der Waals surface area contributed by atoms with E-state index in [1.807, 2.05) is 7.05 Å². The number of hydrogen-bond donors (Lipinski definition) is 2. The van der Waals surface area contributed by atoms with Crippen LogP contribution < -0.4 is 10.6 Å². The molecule has 1 atom stereocenters. The van der Waals surface area contributed by atoms with Crippen molar-refractivity contribution in [2.45, 2.75) is 25.4 Å². The third-order valence-electron chi connectivity index (χ3n) is 3.28. The number of likely N-dealkylation sites (N-methyl/N-ethyl adjacent to an activating group) is 1. The zero-order chi connectivity index (χ0) is 11.5.